The molecule has 1 rings (SSSR count). The summed E-state index contributed by atoms with van der Waals surface area (Å²) in [4.78, 5) is 11.0. The fourth-order valence-corrected chi connectivity index (χ4v) is 1.99. The highest BCUT2D eigenvalue weighted by molar-refractivity contribution is 5.59. The van der Waals surface area contributed by atoms with Crippen molar-refractivity contribution >= 4 is 6.29 Å². The molecule has 0 spiro atoms. The summed E-state index contributed by atoms with van der Waals surface area (Å²) in [6.45, 7) is 3.12. The lowest BCUT2D eigenvalue weighted by Gasteiger charge is -2.26. The molecule has 0 bridgehead atoms. The zero-order valence-electron chi connectivity index (χ0n) is 8.16. The van der Waals surface area contributed by atoms with Crippen LogP contribution in [0.3, 0.4) is 0 Å². The Balaban J connectivity index is 2.59. The maximum absolute atomic E-state index is 11.0. The zero-order valence-corrected chi connectivity index (χ0v) is 8.16. The molecule has 2 unspecified atom stereocenters. The van der Waals surface area contributed by atoms with Gasteiger partial charge in [0.25, 0.3) is 0 Å². The van der Waals surface area contributed by atoms with Gasteiger partial charge in [-0.05, 0) is 32.6 Å². The summed E-state index contributed by atoms with van der Waals surface area (Å²) in [6, 6.07) is 0. The molecule has 1 saturated heterocycles. The number of ether oxygens (including phenoxy) is 1. The number of aliphatic hydroxyl groups excluding tert-OH is 1. The van der Waals surface area contributed by atoms with Crippen LogP contribution in [0.2, 0.25) is 0 Å². The van der Waals surface area contributed by atoms with Crippen LogP contribution in [0.1, 0.15) is 32.6 Å². The van der Waals surface area contributed by atoms with Crippen molar-refractivity contribution in [3.63, 3.8) is 0 Å². The fourth-order valence-electron chi connectivity index (χ4n) is 1.99. The van der Waals surface area contributed by atoms with E-state index in [-0.39, 0.29) is 5.41 Å². The molecule has 0 aromatic heterocycles. The summed E-state index contributed by atoms with van der Waals surface area (Å²) >= 11 is 0. The second kappa shape index (κ2) is 4.72. The standard InChI is InChI=1S/C10H18O3/c1-9(12)7-10(8-11)3-2-5-13-6-4-10/h8-9,12H,2-7H2,1H3. The molecule has 1 aliphatic heterocycles. The van der Waals surface area contributed by atoms with Gasteiger partial charge in [0.15, 0.2) is 0 Å². The summed E-state index contributed by atoms with van der Waals surface area (Å²) in [7, 11) is 0. The maximum Gasteiger partial charge on any atom is 0.126 e. The molecule has 0 radical (unpaired) electrons. The Morgan fingerprint density at radius 1 is 1.54 bits per heavy atom. The lowest BCUT2D eigenvalue weighted by Crippen LogP contribution is -2.27. The van der Waals surface area contributed by atoms with Crippen molar-refractivity contribution in [2.45, 2.75) is 38.7 Å². The van der Waals surface area contributed by atoms with E-state index in [4.69, 9.17) is 4.74 Å². The smallest absolute Gasteiger partial charge is 0.126 e. The highest BCUT2D eigenvalue weighted by Gasteiger charge is 2.31. The van der Waals surface area contributed by atoms with Gasteiger partial charge in [-0.3, -0.25) is 0 Å². The van der Waals surface area contributed by atoms with E-state index < -0.39 is 6.10 Å². The van der Waals surface area contributed by atoms with Crippen LogP contribution < -0.4 is 0 Å². The Hall–Kier alpha value is -0.410. The fraction of sp³-hybridized carbons (Fsp3) is 0.900. The largest absolute Gasteiger partial charge is 0.393 e. The average Bonchev–Trinajstić information content (AvgIpc) is 2.30. The highest BCUT2D eigenvalue weighted by Crippen LogP contribution is 2.33. The number of carbonyl (C=O) groups excluding carboxylic acids is 1. The minimum atomic E-state index is -0.400. The first kappa shape index (κ1) is 10.7. The summed E-state index contributed by atoms with van der Waals surface area (Å²) in [5.41, 5.74) is -0.329. The Morgan fingerprint density at radius 3 is 2.92 bits per heavy atom. The molecule has 0 aliphatic carbocycles. The minimum absolute atomic E-state index is 0.329. The van der Waals surface area contributed by atoms with Crippen molar-refractivity contribution in [1.29, 1.82) is 0 Å². The van der Waals surface area contributed by atoms with Crippen LogP contribution in [0.5, 0.6) is 0 Å². The van der Waals surface area contributed by atoms with Gasteiger partial charge in [0.2, 0.25) is 0 Å². The summed E-state index contributed by atoms with van der Waals surface area (Å²) in [6.07, 6.45) is 3.70. The second-order valence-electron chi connectivity index (χ2n) is 4.00. The molecule has 0 amide bonds. The lowest BCUT2D eigenvalue weighted by molar-refractivity contribution is -0.118. The molecular formula is C10H18O3. The van der Waals surface area contributed by atoms with Crippen LogP contribution in [-0.4, -0.2) is 30.7 Å². The third-order valence-electron chi connectivity index (χ3n) is 2.66. The third kappa shape index (κ3) is 3.08. The van der Waals surface area contributed by atoms with Crippen LogP contribution in [0.15, 0.2) is 0 Å². The first-order valence-electron chi connectivity index (χ1n) is 4.91. The van der Waals surface area contributed by atoms with Gasteiger partial charge in [-0.25, -0.2) is 0 Å². The molecule has 76 valence electrons. The minimum Gasteiger partial charge on any atom is -0.393 e. The van der Waals surface area contributed by atoms with Gasteiger partial charge in [-0.2, -0.15) is 0 Å². The predicted molar refractivity (Wildman–Crippen MR) is 49.5 cm³/mol. The molecule has 1 aliphatic rings. The molecule has 3 nitrogen and oxygen atoms in total. The molecule has 1 N–H and O–H groups in total. The van der Waals surface area contributed by atoms with E-state index in [0.29, 0.717) is 13.0 Å². The second-order valence-corrected chi connectivity index (χ2v) is 4.00. The highest BCUT2D eigenvalue weighted by atomic mass is 16.5. The maximum atomic E-state index is 11.0. The van der Waals surface area contributed by atoms with Gasteiger partial charge in [0, 0.05) is 18.6 Å². The van der Waals surface area contributed by atoms with Crippen molar-refractivity contribution < 1.29 is 14.6 Å². The lowest BCUT2D eigenvalue weighted by atomic mass is 9.78. The van der Waals surface area contributed by atoms with Crippen molar-refractivity contribution in [3.8, 4) is 0 Å². The summed E-state index contributed by atoms with van der Waals surface area (Å²) < 4.78 is 5.29. The number of hydrogen-bond donors (Lipinski definition) is 1. The molecular weight excluding hydrogens is 168 g/mol. The van der Waals surface area contributed by atoms with E-state index in [0.717, 1.165) is 32.2 Å². The van der Waals surface area contributed by atoms with Gasteiger partial charge in [0.05, 0.1) is 6.10 Å². The molecule has 3 heteroatoms. The van der Waals surface area contributed by atoms with E-state index in [2.05, 4.69) is 0 Å². The first-order chi connectivity index (χ1) is 6.18. The number of carbonyl (C=O) groups is 1. The molecule has 1 fully saturated rings. The normalized spacial score (nSPS) is 32.2. The molecule has 2 atom stereocenters. The van der Waals surface area contributed by atoms with Crippen LogP contribution in [0.4, 0.5) is 0 Å². The topological polar surface area (TPSA) is 46.5 Å². The van der Waals surface area contributed by atoms with E-state index >= 15 is 0 Å². The van der Waals surface area contributed by atoms with Crippen molar-refractivity contribution in [2.75, 3.05) is 13.2 Å². The van der Waals surface area contributed by atoms with Crippen LogP contribution in [0, 0.1) is 5.41 Å². The van der Waals surface area contributed by atoms with Crippen molar-refractivity contribution in [3.05, 3.63) is 0 Å². The van der Waals surface area contributed by atoms with Gasteiger partial charge in [0.1, 0.15) is 6.29 Å². The van der Waals surface area contributed by atoms with Gasteiger partial charge in [-0.15, -0.1) is 0 Å². The van der Waals surface area contributed by atoms with E-state index in [1.807, 2.05) is 0 Å². The molecule has 0 aromatic rings. The average molecular weight is 186 g/mol. The Labute approximate surface area is 79.1 Å². The van der Waals surface area contributed by atoms with Gasteiger partial charge in [-0.1, -0.05) is 0 Å². The van der Waals surface area contributed by atoms with E-state index in [1.54, 1.807) is 6.92 Å². The number of aldehydes is 1. The monoisotopic (exact) mass is 186 g/mol. The Morgan fingerprint density at radius 2 is 2.31 bits per heavy atom. The predicted octanol–water partition coefficient (Wildman–Crippen LogP) is 1.14. The SMILES string of the molecule is CC(O)CC1(C=O)CCCOCC1. The quantitative estimate of drug-likeness (QED) is 0.672. The van der Waals surface area contributed by atoms with Crippen LogP contribution >= 0.6 is 0 Å². The van der Waals surface area contributed by atoms with Gasteiger partial charge < -0.3 is 14.6 Å². The molecule has 1 heterocycles. The number of hydrogen-bond acceptors (Lipinski definition) is 3. The first-order valence-corrected chi connectivity index (χ1v) is 4.91. The molecule has 0 aromatic carbocycles. The van der Waals surface area contributed by atoms with Crippen molar-refractivity contribution in [1.82, 2.24) is 0 Å². The van der Waals surface area contributed by atoms with Gasteiger partial charge >= 0.3 is 0 Å². The van der Waals surface area contributed by atoms with Crippen molar-refractivity contribution in [2.24, 2.45) is 5.41 Å². The summed E-state index contributed by atoms with van der Waals surface area (Å²) in [5, 5.41) is 9.29. The Kier molecular flexibility index (Phi) is 3.88. The molecule has 13 heavy (non-hydrogen) atoms. The number of rotatable bonds is 3. The third-order valence-corrected chi connectivity index (χ3v) is 2.66. The van der Waals surface area contributed by atoms with E-state index in [9.17, 15) is 9.90 Å². The summed E-state index contributed by atoms with van der Waals surface area (Å²) in [5.74, 6) is 0. The Bertz CT molecular complexity index is 158. The van der Waals surface area contributed by atoms with E-state index in [1.165, 1.54) is 0 Å². The van der Waals surface area contributed by atoms with Crippen LogP contribution in [-0.2, 0) is 9.53 Å². The number of aliphatic hydroxyl groups is 1. The molecule has 0 saturated carbocycles. The van der Waals surface area contributed by atoms with Crippen LogP contribution in [0.25, 0.3) is 0 Å². The zero-order chi connectivity index (χ0) is 9.73.